The molecule has 6 nitrogen and oxygen atoms in total. The smallest absolute Gasteiger partial charge is 0.443 e. The molecule has 3 aromatic rings. The van der Waals surface area contributed by atoms with Crippen molar-refractivity contribution >= 4 is 29.7 Å². The van der Waals surface area contributed by atoms with Crippen LogP contribution in [0.3, 0.4) is 0 Å². The van der Waals surface area contributed by atoms with Crippen LogP contribution in [0.25, 0.3) is 22.2 Å². The monoisotopic (exact) mass is 356 g/mol. The molecule has 1 aromatic carbocycles. The Morgan fingerprint density at radius 3 is 2.58 bits per heavy atom. The quantitative estimate of drug-likeness (QED) is 0.689. The molecule has 0 aliphatic heterocycles. The zero-order valence-corrected chi connectivity index (χ0v) is 14.6. The van der Waals surface area contributed by atoms with Gasteiger partial charge in [-0.25, -0.2) is 9.18 Å². The predicted octanol–water partition coefficient (Wildman–Crippen LogP) is 2.31. The molecule has 0 unspecified atom stereocenters. The summed E-state index contributed by atoms with van der Waals surface area (Å²) < 4.78 is 20.1. The fourth-order valence-electron chi connectivity index (χ4n) is 2.72. The van der Waals surface area contributed by atoms with E-state index in [0.29, 0.717) is 22.2 Å². The van der Waals surface area contributed by atoms with Crippen LogP contribution in [0.2, 0.25) is 0 Å². The minimum absolute atomic E-state index is 0.0556. The Balaban J connectivity index is 2.24. The molecule has 0 atom stereocenters. The van der Waals surface area contributed by atoms with E-state index in [1.165, 1.54) is 24.4 Å². The number of hydrogen-bond donors (Lipinski definition) is 2. The van der Waals surface area contributed by atoms with Gasteiger partial charge in [-0.15, -0.1) is 0 Å². The van der Waals surface area contributed by atoms with E-state index in [9.17, 15) is 19.2 Å². The van der Waals surface area contributed by atoms with Gasteiger partial charge in [-0.3, -0.25) is 9.55 Å². The molecule has 2 heterocycles. The number of fused-ring (bicyclic) bond motifs is 1. The highest BCUT2D eigenvalue weighted by molar-refractivity contribution is 6.59. The molecule has 0 bridgehead atoms. The van der Waals surface area contributed by atoms with Crippen LogP contribution in [0.4, 0.5) is 9.18 Å². The first-order valence-electron chi connectivity index (χ1n) is 8.03. The van der Waals surface area contributed by atoms with Gasteiger partial charge in [0, 0.05) is 17.1 Å². The van der Waals surface area contributed by atoms with Gasteiger partial charge in [0.25, 0.3) is 0 Å². The van der Waals surface area contributed by atoms with Crippen molar-refractivity contribution in [2.45, 2.75) is 26.4 Å². The van der Waals surface area contributed by atoms with Crippen molar-refractivity contribution in [2.24, 2.45) is 0 Å². The van der Waals surface area contributed by atoms with E-state index in [-0.39, 0.29) is 5.59 Å². The summed E-state index contributed by atoms with van der Waals surface area (Å²) in [6.45, 7) is 5.14. The number of benzene rings is 1. The van der Waals surface area contributed by atoms with Crippen LogP contribution in [0, 0.1) is 5.82 Å². The number of pyridine rings is 1. The van der Waals surface area contributed by atoms with Crippen LogP contribution in [-0.2, 0) is 4.74 Å². The Bertz CT molecular complexity index is 979. The molecule has 0 spiro atoms. The molecule has 2 N–H and O–H groups in total. The first kappa shape index (κ1) is 18.1. The Labute approximate surface area is 150 Å². The number of halogens is 1. The third-order valence-corrected chi connectivity index (χ3v) is 3.70. The molecular formula is C18H18BFN2O4. The van der Waals surface area contributed by atoms with Crippen LogP contribution in [-0.4, -0.2) is 38.4 Å². The summed E-state index contributed by atoms with van der Waals surface area (Å²) in [7, 11) is -1.89. The van der Waals surface area contributed by atoms with Crippen LogP contribution in [0.1, 0.15) is 20.8 Å². The summed E-state index contributed by atoms with van der Waals surface area (Å²) in [5.74, 6) is -0.421. The Morgan fingerprint density at radius 2 is 1.96 bits per heavy atom. The highest BCUT2D eigenvalue weighted by Crippen LogP contribution is 2.27. The fraction of sp³-hybridized carbons (Fsp3) is 0.222. The second-order valence-electron chi connectivity index (χ2n) is 6.86. The lowest BCUT2D eigenvalue weighted by atomic mass is 9.86. The Hall–Kier alpha value is -2.71. The number of carbonyl (C=O) groups is 1. The number of rotatable bonds is 2. The van der Waals surface area contributed by atoms with Gasteiger partial charge in [-0.2, -0.15) is 0 Å². The number of carbonyl (C=O) groups excluding carboxylic acids is 1. The van der Waals surface area contributed by atoms with Crippen molar-refractivity contribution < 1.29 is 24.0 Å². The fourth-order valence-corrected chi connectivity index (χ4v) is 2.72. The minimum Gasteiger partial charge on any atom is -0.443 e. The third kappa shape index (κ3) is 3.47. The molecule has 134 valence electrons. The number of ether oxygens (including phenoxy) is 1. The van der Waals surface area contributed by atoms with Gasteiger partial charge in [0.05, 0.1) is 16.8 Å². The molecule has 3 rings (SSSR count). The van der Waals surface area contributed by atoms with Crippen molar-refractivity contribution in [1.82, 2.24) is 9.55 Å². The van der Waals surface area contributed by atoms with Crippen molar-refractivity contribution in [2.75, 3.05) is 0 Å². The van der Waals surface area contributed by atoms with E-state index in [2.05, 4.69) is 4.98 Å². The van der Waals surface area contributed by atoms with Gasteiger partial charge in [-0.1, -0.05) is 12.1 Å². The Morgan fingerprint density at radius 1 is 1.23 bits per heavy atom. The molecular weight excluding hydrogens is 338 g/mol. The number of nitrogens with zero attached hydrogens (tertiary/aromatic N) is 2. The standard InChI is InChI=1S/C18H18BFN2O4/c1-18(2,3)26-17(23)22-14-7-8-21-16(11-5-4-6-12(20)9-11)13(14)10-15(22)19(24)25/h4-10,24-25H,1-3H3. The van der Waals surface area contributed by atoms with Crippen molar-refractivity contribution in [3.8, 4) is 11.3 Å². The molecule has 0 saturated heterocycles. The van der Waals surface area contributed by atoms with Gasteiger partial charge >= 0.3 is 13.2 Å². The first-order chi connectivity index (χ1) is 12.2. The lowest BCUT2D eigenvalue weighted by Crippen LogP contribution is -2.40. The summed E-state index contributed by atoms with van der Waals surface area (Å²) in [4.78, 5) is 16.9. The van der Waals surface area contributed by atoms with Gasteiger partial charge in [0.15, 0.2) is 0 Å². The lowest BCUT2D eigenvalue weighted by molar-refractivity contribution is 0.0547. The zero-order valence-electron chi connectivity index (χ0n) is 14.6. The maximum atomic E-state index is 13.6. The summed E-state index contributed by atoms with van der Waals surface area (Å²) in [5, 5.41) is 19.9. The van der Waals surface area contributed by atoms with Gasteiger partial charge in [0.1, 0.15) is 11.4 Å². The number of hydrogen-bond acceptors (Lipinski definition) is 5. The largest absolute Gasteiger partial charge is 0.506 e. The van der Waals surface area contributed by atoms with Crippen LogP contribution in [0.15, 0.2) is 42.6 Å². The first-order valence-corrected chi connectivity index (χ1v) is 8.03. The molecule has 26 heavy (non-hydrogen) atoms. The minimum atomic E-state index is -1.89. The molecule has 0 saturated carbocycles. The van der Waals surface area contributed by atoms with Gasteiger partial charge in [-0.05, 0) is 45.0 Å². The van der Waals surface area contributed by atoms with Crippen LogP contribution < -0.4 is 5.59 Å². The topological polar surface area (TPSA) is 84.6 Å². The molecule has 0 aliphatic rings. The van der Waals surface area contributed by atoms with E-state index < -0.39 is 24.6 Å². The summed E-state index contributed by atoms with van der Waals surface area (Å²) in [5.41, 5.74) is 0.502. The second-order valence-corrected chi connectivity index (χ2v) is 6.86. The van der Waals surface area contributed by atoms with E-state index in [1.807, 2.05) is 0 Å². The van der Waals surface area contributed by atoms with Gasteiger partial charge in [0.2, 0.25) is 0 Å². The van der Waals surface area contributed by atoms with Crippen LogP contribution in [0.5, 0.6) is 0 Å². The second kappa shape index (κ2) is 6.55. The average molecular weight is 356 g/mol. The third-order valence-electron chi connectivity index (χ3n) is 3.70. The van der Waals surface area contributed by atoms with E-state index in [1.54, 1.807) is 39.0 Å². The normalized spacial score (nSPS) is 11.6. The van der Waals surface area contributed by atoms with E-state index >= 15 is 0 Å². The molecule has 0 amide bonds. The molecule has 0 fully saturated rings. The van der Waals surface area contributed by atoms with Crippen LogP contribution >= 0.6 is 0 Å². The lowest BCUT2D eigenvalue weighted by Gasteiger charge is -2.21. The van der Waals surface area contributed by atoms with E-state index in [4.69, 9.17) is 4.74 Å². The zero-order chi connectivity index (χ0) is 19.1. The van der Waals surface area contributed by atoms with Crippen molar-refractivity contribution in [1.29, 1.82) is 0 Å². The molecule has 0 aliphatic carbocycles. The van der Waals surface area contributed by atoms with Crippen molar-refractivity contribution in [3.05, 3.63) is 48.4 Å². The average Bonchev–Trinajstić information content (AvgIpc) is 2.93. The summed E-state index contributed by atoms with van der Waals surface area (Å²) in [6.07, 6.45) is 0.726. The highest BCUT2D eigenvalue weighted by atomic mass is 19.1. The SMILES string of the molecule is CC(C)(C)OC(=O)n1c(B(O)O)cc2c(-c3cccc(F)c3)nccc21. The van der Waals surface area contributed by atoms with Gasteiger partial charge < -0.3 is 14.8 Å². The highest BCUT2D eigenvalue weighted by Gasteiger charge is 2.28. The summed E-state index contributed by atoms with van der Waals surface area (Å²) >= 11 is 0. The molecule has 2 aromatic heterocycles. The van der Waals surface area contributed by atoms with Crippen molar-refractivity contribution in [3.63, 3.8) is 0 Å². The van der Waals surface area contributed by atoms with E-state index in [0.717, 1.165) is 4.57 Å². The predicted molar refractivity (Wildman–Crippen MR) is 96.6 cm³/mol. The molecule has 0 radical (unpaired) electrons. The number of aromatic nitrogens is 2. The maximum Gasteiger partial charge on any atom is 0.506 e. The maximum absolute atomic E-state index is 13.6. The molecule has 8 heteroatoms. The summed E-state index contributed by atoms with van der Waals surface area (Å²) in [6, 6.07) is 8.88. The Kier molecular flexibility index (Phi) is 4.56.